The zero-order valence-electron chi connectivity index (χ0n) is 12.5. The van der Waals surface area contributed by atoms with Gasteiger partial charge in [0.2, 0.25) is 0 Å². The molecule has 0 aromatic heterocycles. The number of rotatable bonds is 6. The van der Waals surface area contributed by atoms with Crippen molar-refractivity contribution in [1.29, 1.82) is 0 Å². The number of methoxy groups -OCH3 is 2. The highest BCUT2D eigenvalue weighted by molar-refractivity contribution is 5.33. The number of benzene rings is 2. The summed E-state index contributed by atoms with van der Waals surface area (Å²) in [5.74, 6) is -0.138. The van der Waals surface area contributed by atoms with Gasteiger partial charge >= 0.3 is 0 Å². The molecule has 4 heteroatoms. The molecule has 112 valence electrons. The Morgan fingerprint density at radius 3 is 2.24 bits per heavy atom. The van der Waals surface area contributed by atoms with Crippen LogP contribution in [0.3, 0.4) is 0 Å². The topological polar surface area (TPSA) is 30.5 Å². The van der Waals surface area contributed by atoms with Crippen molar-refractivity contribution in [2.75, 3.05) is 21.3 Å². The fourth-order valence-electron chi connectivity index (χ4n) is 2.48. The van der Waals surface area contributed by atoms with Crippen LogP contribution in [0.5, 0.6) is 5.75 Å². The van der Waals surface area contributed by atoms with Gasteiger partial charge in [0.25, 0.3) is 0 Å². The van der Waals surface area contributed by atoms with Gasteiger partial charge in [-0.05, 0) is 30.3 Å². The van der Waals surface area contributed by atoms with Gasteiger partial charge in [-0.3, -0.25) is 0 Å². The van der Waals surface area contributed by atoms with Gasteiger partial charge < -0.3 is 14.8 Å². The van der Waals surface area contributed by atoms with Crippen molar-refractivity contribution in [3.63, 3.8) is 0 Å². The van der Waals surface area contributed by atoms with Crippen LogP contribution in [0.25, 0.3) is 0 Å². The molecule has 3 nitrogen and oxygen atoms in total. The normalized spacial score (nSPS) is 13.7. The summed E-state index contributed by atoms with van der Waals surface area (Å²) in [6, 6.07) is 14.7. The van der Waals surface area contributed by atoms with Crippen molar-refractivity contribution in [3.8, 4) is 5.75 Å². The molecule has 2 rings (SSSR count). The lowest BCUT2D eigenvalue weighted by atomic mass is 9.95. The molecule has 2 aromatic rings. The van der Waals surface area contributed by atoms with E-state index in [1.54, 1.807) is 13.2 Å². The number of nitrogens with one attached hydrogen (secondary N) is 1. The Bertz CT molecular complexity index is 574. The molecule has 0 radical (unpaired) electrons. The maximum Gasteiger partial charge on any atom is 0.165 e. The zero-order chi connectivity index (χ0) is 15.2. The standard InChI is InChI=1S/C17H20FNO2/c1-19-16(13-9-10-15(20-2)14(18)11-13)17(21-3)12-7-5-4-6-8-12/h4-11,16-17,19H,1-3H3. The predicted octanol–water partition coefficient (Wildman–Crippen LogP) is 3.48. The molecule has 0 saturated carbocycles. The minimum atomic E-state index is -0.377. The maximum absolute atomic E-state index is 13.9. The molecule has 0 fully saturated rings. The van der Waals surface area contributed by atoms with Crippen LogP contribution in [-0.4, -0.2) is 21.3 Å². The lowest BCUT2D eigenvalue weighted by molar-refractivity contribution is 0.0701. The van der Waals surface area contributed by atoms with Crippen LogP contribution in [0.4, 0.5) is 4.39 Å². The third kappa shape index (κ3) is 3.40. The van der Waals surface area contributed by atoms with E-state index in [-0.39, 0.29) is 23.7 Å². The summed E-state index contributed by atoms with van der Waals surface area (Å²) in [6.45, 7) is 0. The Hall–Kier alpha value is -1.91. The van der Waals surface area contributed by atoms with Gasteiger partial charge in [0.05, 0.1) is 13.2 Å². The summed E-state index contributed by atoms with van der Waals surface area (Å²) >= 11 is 0. The Kier molecular flexibility index (Phi) is 5.31. The van der Waals surface area contributed by atoms with Crippen LogP contribution in [-0.2, 0) is 4.74 Å². The Morgan fingerprint density at radius 1 is 1.00 bits per heavy atom. The van der Waals surface area contributed by atoms with Gasteiger partial charge in [0.1, 0.15) is 6.10 Å². The summed E-state index contributed by atoms with van der Waals surface area (Å²) in [5, 5.41) is 3.20. The van der Waals surface area contributed by atoms with E-state index in [1.165, 1.54) is 13.2 Å². The second-order valence-electron chi connectivity index (χ2n) is 4.73. The molecule has 0 aliphatic rings. The number of ether oxygens (including phenoxy) is 2. The summed E-state index contributed by atoms with van der Waals surface area (Å²) in [7, 11) is 4.94. The van der Waals surface area contributed by atoms with Crippen molar-refractivity contribution in [2.45, 2.75) is 12.1 Å². The van der Waals surface area contributed by atoms with Gasteiger partial charge in [-0.15, -0.1) is 0 Å². The number of likely N-dealkylation sites (N-methyl/N-ethyl adjacent to an activating group) is 1. The quantitative estimate of drug-likeness (QED) is 0.883. The molecule has 2 aromatic carbocycles. The first-order chi connectivity index (χ1) is 10.2. The first kappa shape index (κ1) is 15.5. The average molecular weight is 289 g/mol. The van der Waals surface area contributed by atoms with Gasteiger partial charge in [-0.25, -0.2) is 4.39 Å². The van der Waals surface area contributed by atoms with Crippen LogP contribution in [0.2, 0.25) is 0 Å². The minimum Gasteiger partial charge on any atom is -0.494 e. The van der Waals surface area contributed by atoms with Crippen molar-refractivity contribution >= 4 is 0 Å². The van der Waals surface area contributed by atoms with E-state index >= 15 is 0 Å². The molecule has 2 atom stereocenters. The van der Waals surface area contributed by atoms with E-state index in [0.717, 1.165) is 11.1 Å². The monoisotopic (exact) mass is 289 g/mol. The van der Waals surface area contributed by atoms with Gasteiger partial charge in [0.15, 0.2) is 11.6 Å². The third-order valence-electron chi connectivity index (χ3n) is 3.53. The molecule has 0 saturated heterocycles. The lowest BCUT2D eigenvalue weighted by Crippen LogP contribution is -2.25. The highest BCUT2D eigenvalue weighted by Gasteiger charge is 2.24. The van der Waals surface area contributed by atoms with Crippen molar-refractivity contribution in [2.24, 2.45) is 0 Å². The van der Waals surface area contributed by atoms with E-state index in [4.69, 9.17) is 9.47 Å². The van der Waals surface area contributed by atoms with Gasteiger partial charge in [-0.1, -0.05) is 36.4 Å². The zero-order valence-corrected chi connectivity index (χ0v) is 12.5. The third-order valence-corrected chi connectivity index (χ3v) is 3.53. The summed E-state index contributed by atoms with van der Waals surface area (Å²) in [4.78, 5) is 0. The molecule has 2 unspecified atom stereocenters. The molecule has 0 aliphatic carbocycles. The molecule has 0 spiro atoms. The van der Waals surface area contributed by atoms with Crippen molar-refractivity contribution in [3.05, 3.63) is 65.5 Å². The molecular weight excluding hydrogens is 269 g/mol. The Labute approximate surface area is 124 Å². The number of hydrogen-bond acceptors (Lipinski definition) is 3. The van der Waals surface area contributed by atoms with E-state index in [9.17, 15) is 4.39 Å². The van der Waals surface area contributed by atoms with Crippen LogP contribution in [0, 0.1) is 5.82 Å². The van der Waals surface area contributed by atoms with Crippen molar-refractivity contribution < 1.29 is 13.9 Å². The van der Waals surface area contributed by atoms with Crippen LogP contribution in [0.1, 0.15) is 23.3 Å². The van der Waals surface area contributed by atoms with E-state index in [1.807, 2.05) is 43.4 Å². The molecule has 0 amide bonds. The summed E-state index contributed by atoms with van der Waals surface area (Å²) in [5.41, 5.74) is 1.85. The summed E-state index contributed by atoms with van der Waals surface area (Å²) in [6.07, 6.45) is -0.205. The van der Waals surface area contributed by atoms with Crippen LogP contribution in [0.15, 0.2) is 48.5 Å². The average Bonchev–Trinajstić information content (AvgIpc) is 2.53. The fourth-order valence-corrected chi connectivity index (χ4v) is 2.48. The van der Waals surface area contributed by atoms with Crippen molar-refractivity contribution in [1.82, 2.24) is 5.32 Å². The fraction of sp³-hybridized carbons (Fsp3) is 0.294. The second-order valence-corrected chi connectivity index (χ2v) is 4.73. The number of halogens is 1. The summed E-state index contributed by atoms with van der Waals surface area (Å²) < 4.78 is 24.5. The van der Waals surface area contributed by atoms with Crippen LogP contribution >= 0.6 is 0 Å². The van der Waals surface area contributed by atoms with E-state index < -0.39 is 0 Å². The Balaban J connectivity index is 2.35. The molecule has 21 heavy (non-hydrogen) atoms. The molecule has 1 N–H and O–H groups in total. The first-order valence-corrected chi connectivity index (χ1v) is 6.79. The van der Waals surface area contributed by atoms with E-state index in [0.29, 0.717) is 0 Å². The smallest absolute Gasteiger partial charge is 0.165 e. The van der Waals surface area contributed by atoms with E-state index in [2.05, 4.69) is 5.32 Å². The minimum absolute atomic E-state index is 0.155. The molecule has 0 aliphatic heterocycles. The second kappa shape index (κ2) is 7.20. The van der Waals surface area contributed by atoms with Gasteiger partial charge in [0, 0.05) is 7.11 Å². The predicted molar refractivity (Wildman–Crippen MR) is 80.9 cm³/mol. The highest BCUT2D eigenvalue weighted by Crippen LogP contribution is 2.33. The van der Waals surface area contributed by atoms with Gasteiger partial charge in [-0.2, -0.15) is 0 Å². The molecular formula is C17H20FNO2. The first-order valence-electron chi connectivity index (χ1n) is 6.79. The maximum atomic E-state index is 13.9. The lowest BCUT2D eigenvalue weighted by Gasteiger charge is -2.26. The van der Waals surface area contributed by atoms with Crippen LogP contribution < -0.4 is 10.1 Å². The molecule has 0 heterocycles. The largest absolute Gasteiger partial charge is 0.494 e. The number of hydrogen-bond donors (Lipinski definition) is 1. The SMILES string of the molecule is CNC(c1ccc(OC)c(F)c1)C(OC)c1ccccc1. The molecule has 0 bridgehead atoms. The Morgan fingerprint density at radius 2 is 1.71 bits per heavy atom. The highest BCUT2D eigenvalue weighted by atomic mass is 19.1.